The first-order valence-corrected chi connectivity index (χ1v) is 6.62. The molecule has 1 fully saturated rings. The van der Waals surface area contributed by atoms with Crippen molar-refractivity contribution < 1.29 is 14.2 Å². The molecular weight excluding hydrogens is 244 g/mol. The van der Waals surface area contributed by atoms with Crippen molar-refractivity contribution in [2.45, 2.75) is 25.0 Å². The van der Waals surface area contributed by atoms with E-state index in [1.165, 1.54) is 5.56 Å². The van der Waals surface area contributed by atoms with Crippen molar-refractivity contribution >= 4 is 0 Å². The van der Waals surface area contributed by atoms with Gasteiger partial charge in [0, 0.05) is 6.04 Å². The van der Waals surface area contributed by atoms with Gasteiger partial charge in [0.15, 0.2) is 0 Å². The van der Waals surface area contributed by atoms with Gasteiger partial charge in [-0.3, -0.25) is 11.3 Å². The first-order chi connectivity index (χ1) is 9.33. The molecule has 0 aliphatic carbocycles. The van der Waals surface area contributed by atoms with Crippen LogP contribution in [0.2, 0.25) is 0 Å². The molecule has 1 aromatic carbocycles. The maximum absolute atomic E-state index is 5.67. The van der Waals surface area contributed by atoms with E-state index in [0.29, 0.717) is 19.8 Å². The molecule has 2 atom stereocenters. The molecule has 2 unspecified atom stereocenters. The second-order valence-corrected chi connectivity index (χ2v) is 4.64. The summed E-state index contributed by atoms with van der Waals surface area (Å²) in [5.41, 5.74) is 4.10. The summed E-state index contributed by atoms with van der Waals surface area (Å²) in [7, 11) is 1.67. The number of aryl methyl sites for hydroxylation is 1. The Labute approximate surface area is 114 Å². The molecule has 2 rings (SSSR count). The van der Waals surface area contributed by atoms with Gasteiger partial charge in [0.1, 0.15) is 5.75 Å². The fourth-order valence-electron chi connectivity index (χ4n) is 2.23. The summed E-state index contributed by atoms with van der Waals surface area (Å²) >= 11 is 0. The lowest BCUT2D eigenvalue weighted by Crippen LogP contribution is -2.49. The quantitative estimate of drug-likeness (QED) is 0.591. The highest BCUT2D eigenvalue weighted by atomic mass is 16.6. The molecule has 1 heterocycles. The normalized spacial score (nSPS) is 21.1. The Morgan fingerprint density at radius 2 is 2.16 bits per heavy atom. The van der Waals surface area contributed by atoms with Crippen LogP contribution < -0.4 is 16.0 Å². The van der Waals surface area contributed by atoms with Gasteiger partial charge >= 0.3 is 0 Å². The number of ether oxygens (including phenoxy) is 3. The molecule has 1 saturated heterocycles. The molecule has 0 saturated carbocycles. The monoisotopic (exact) mass is 266 g/mol. The Hall–Kier alpha value is -1.14. The van der Waals surface area contributed by atoms with Crippen molar-refractivity contribution in [1.82, 2.24) is 5.43 Å². The van der Waals surface area contributed by atoms with Gasteiger partial charge < -0.3 is 14.2 Å². The third kappa shape index (κ3) is 4.18. The predicted octanol–water partition coefficient (Wildman–Crippen LogP) is 0.875. The van der Waals surface area contributed by atoms with Gasteiger partial charge in [-0.15, -0.1) is 0 Å². The fourth-order valence-corrected chi connectivity index (χ4v) is 2.23. The number of benzene rings is 1. The van der Waals surface area contributed by atoms with Crippen molar-refractivity contribution in [1.29, 1.82) is 0 Å². The Kier molecular flexibility index (Phi) is 5.60. The average molecular weight is 266 g/mol. The van der Waals surface area contributed by atoms with Crippen LogP contribution in [0.3, 0.4) is 0 Å². The molecule has 5 heteroatoms. The number of nitrogens with two attached hydrogens (primary N) is 1. The van der Waals surface area contributed by atoms with E-state index in [0.717, 1.165) is 18.6 Å². The molecule has 0 spiro atoms. The van der Waals surface area contributed by atoms with Crippen molar-refractivity contribution in [2.24, 2.45) is 5.84 Å². The van der Waals surface area contributed by atoms with Gasteiger partial charge in [0.05, 0.1) is 33.0 Å². The van der Waals surface area contributed by atoms with Crippen LogP contribution in [0.1, 0.15) is 12.0 Å². The van der Waals surface area contributed by atoms with Crippen molar-refractivity contribution in [3.05, 3.63) is 29.8 Å². The SMILES string of the molecule is COc1ccc(CCC(NN)C2COCCO2)cc1. The van der Waals surface area contributed by atoms with Crippen LogP contribution in [0.25, 0.3) is 0 Å². The molecule has 3 N–H and O–H groups in total. The molecule has 0 amide bonds. The molecule has 106 valence electrons. The molecule has 5 nitrogen and oxygen atoms in total. The smallest absolute Gasteiger partial charge is 0.118 e. The van der Waals surface area contributed by atoms with Crippen LogP contribution >= 0.6 is 0 Å². The van der Waals surface area contributed by atoms with Gasteiger partial charge in [-0.25, -0.2) is 0 Å². The summed E-state index contributed by atoms with van der Waals surface area (Å²) in [6, 6.07) is 8.21. The van der Waals surface area contributed by atoms with Crippen molar-refractivity contribution in [3.8, 4) is 5.75 Å². The Bertz CT molecular complexity index is 363. The van der Waals surface area contributed by atoms with Crippen LogP contribution in [-0.2, 0) is 15.9 Å². The second kappa shape index (κ2) is 7.45. The topological polar surface area (TPSA) is 65.7 Å². The summed E-state index contributed by atoms with van der Waals surface area (Å²) in [6.45, 7) is 1.93. The van der Waals surface area contributed by atoms with E-state index in [9.17, 15) is 0 Å². The first kappa shape index (κ1) is 14.3. The van der Waals surface area contributed by atoms with Crippen LogP contribution in [0.5, 0.6) is 5.75 Å². The van der Waals surface area contributed by atoms with E-state index in [1.54, 1.807) is 7.11 Å². The molecule has 0 radical (unpaired) electrons. The van der Waals surface area contributed by atoms with E-state index in [1.807, 2.05) is 12.1 Å². The van der Waals surface area contributed by atoms with Crippen LogP contribution in [0, 0.1) is 0 Å². The maximum atomic E-state index is 5.67. The number of methoxy groups -OCH3 is 1. The molecule has 0 aromatic heterocycles. The highest BCUT2D eigenvalue weighted by molar-refractivity contribution is 5.27. The number of nitrogens with one attached hydrogen (secondary N) is 1. The molecule has 19 heavy (non-hydrogen) atoms. The Balaban J connectivity index is 1.84. The highest BCUT2D eigenvalue weighted by Gasteiger charge is 2.23. The van der Waals surface area contributed by atoms with Crippen molar-refractivity contribution in [2.75, 3.05) is 26.9 Å². The zero-order valence-corrected chi connectivity index (χ0v) is 11.3. The van der Waals surface area contributed by atoms with Gasteiger partial charge in [0.2, 0.25) is 0 Å². The zero-order valence-electron chi connectivity index (χ0n) is 11.3. The minimum Gasteiger partial charge on any atom is -0.497 e. The van der Waals surface area contributed by atoms with E-state index >= 15 is 0 Å². The third-order valence-electron chi connectivity index (χ3n) is 3.41. The minimum absolute atomic E-state index is 0.0389. The van der Waals surface area contributed by atoms with Crippen molar-refractivity contribution in [3.63, 3.8) is 0 Å². The number of hydrogen-bond acceptors (Lipinski definition) is 5. The third-order valence-corrected chi connectivity index (χ3v) is 3.41. The van der Waals surface area contributed by atoms with Gasteiger partial charge in [0.25, 0.3) is 0 Å². The number of hydrazine groups is 1. The summed E-state index contributed by atoms with van der Waals surface area (Å²) in [5, 5.41) is 0. The molecule has 1 aromatic rings. The van der Waals surface area contributed by atoms with Gasteiger partial charge in [-0.1, -0.05) is 12.1 Å². The summed E-state index contributed by atoms with van der Waals surface area (Å²) in [5.74, 6) is 6.48. The largest absolute Gasteiger partial charge is 0.497 e. The Morgan fingerprint density at radius 3 is 2.74 bits per heavy atom. The van der Waals surface area contributed by atoms with Crippen LogP contribution in [0.15, 0.2) is 24.3 Å². The number of rotatable bonds is 6. The fraction of sp³-hybridized carbons (Fsp3) is 0.571. The average Bonchev–Trinajstić information content (AvgIpc) is 2.49. The molecular formula is C14H22N2O3. The maximum Gasteiger partial charge on any atom is 0.118 e. The summed E-state index contributed by atoms with van der Waals surface area (Å²) in [4.78, 5) is 0. The van der Waals surface area contributed by atoms with E-state index in [2.05, 4.69) is 17.6 Å². The van der Waals surface area contributed by atoms with Gasteiger partial charge in [-0.05, 0) is 30.5 Å². The standard InChI is InChI=1S/C14H22N2O3/c1-17-12-5-2-11(3-6-12)4-7-13(16-15)14-10-18-8-9-19-14/h2-3,5-6,13-14,16H,4,7-10,15H2,1H3. The van der Waals surface area contributed by atoms with E-state index in [4.69, 9.17) is 20.1 Å². The van der Waals surface area contributed by atoms with E-state index < -0.39 is 0 Å². The predicted molar refractivity (Wildman–Crippen MR) is 73.0 cm³/mol. The molecule has 1 aliphatic heterocycles. The minimum atomic E-state index is 0.0389. The first-order valence-electron chi connectivity index (χ1n) is 6.62. The zero-order chi connectivity index (χ0) is 13.5. The lowest BCUT2D eigenvalue weighted by molar-refractivity contribution is -0.102. The highest BCUT2D eigenvalue weighted by Crippen LogP contribution is 2.15. The lowest BCUT2D eigenvalue weighted by Gasteiger charge is -2.30. The second-order valence-electron chi connectivity index (χ2n) is 4.64. The van der Waals surface area contributed by atoms with Crippen LogP contribution in [-0.4, -0.2) is 39.1 Å². The number of hydrogen-bond donors (Lipinski definition) is 2. The summed E-state index contributed by atoms with van der Waals surface area (Å²) < 4.78 is 16.2. The molecule has 1 aliphatic rings. The molecule has 0 bridgehead atoms. The summed E-state index contributed by atoms with van der Waals surface area (Å²) in [6.07, 6.45) is 1.90. The van der Waals surface area contributed by atoms with Crippen LogP contribution in [0.4, 0.5) is 0 Å². The lowest BCUT2D eigenvalue weighted by atomic mass is 10.0. The van der Waals surface area contributed by atoms with Gasteiger partial charge in [-0.2, -0.15) is 0 Å². The van der Waals surface area contributed by atoms with E-state index in [-0.39, 0.29) is 12.1 Å². The Morgan fingerprint density at radius 1 is 1.37 bits per heavy atom.